The Balaban J connectivity index is 1.60. The summed E-state index contributed by atoms with van der Waals surface area (Å²) in [6, 6.07) is 4.10. The van der Waals surface area contributed by atoms with Gasteiger partial charge in [-0.1, -0.05) is 6.07 Å². The van der Waals surface area contributed by atoms with Crippen LogP contribution < -0.4 is 10.6 Å². The van der Waals surface area contributed by atoms with Gasteiger partial charge in [0.05, 0.1) is 0 Å². The maximum atomic E-state index is 13.1. The highest BCUT2D eigenvalue weighted by Gasteiger charge is 2.30. The molecule has 2 aliphatic heterocycles. The van der Waals surface area contributed by atoms with Gasteiger partial charge in [0.15, 0.2) is 0 Å². The normalized spacial score (nSPS) is 22.6. The zero-order valence-electron chi connectivity index (χ0n) is 10.8. The molecule has 1 atom stereocenters. The molecule has 0 bridgehead atoms. The number of likely N-dealkylation sites (tertiary alicyclic amines) is 1. The number of fused-ring (bicyclic) bond motifs is 1. The van der Waals surface area contributed by atoms with Gasteiger partial charge in [-0.15, -0.1) is 0 Å². The summed E-state index contributed by atoms with van der Waals surface area (Å²) >= 11 is 0. The molecule has 1 fully saturated rings. The van der Waals surface area contributed by atoms with Gasteiger partial charge in [-0.3, -0.25) is 4.79 Å². The molecule has 0 aliphatic carbocycles. The molecule has 0 aromatic heterocycles. The van der Waals surface area contributed by atoms with Gasteiger partial charge in [-0.05, 0) is 38.1 Å². The second-order valence-corrected chi connectivity index (χ2v) is 5.16. The average molecular weight is 263 g/mol. The second-order valence-electron chi connectivity index (χ2n) is 5.16. The van der Waals surface area contributed by atoms with Crippen molar-refractivity contribution in [2.75, 3.05) is 31.5 Å². The monoisotopic (exact) mass is 263 g/mol. The van der Waals surface area contributed by atoms with Crippen molar-refractivity contribution < 1.29 is 9.18 Å². The summed E-state index contributed by atoms with van der Waals surface area (Å²) in [6.45, 7) is 4.04. The molecule has 0 spiro atoms. The molecule has 0 radical (unpaired) electrons. The highest BCUT2D eigenvalue weighted by Crippen LogP contribution is 2.30. The first-order valence-corrected chi connectivity index (χ1v) is 6.80. The Morgan fingerprint density at radius 3 is 2.95 bits per heavy atom. The van der Waals surface area contributed by atoms with Crippen LogP contribution >= 0.6 is 0 Å². The van der Waals surface area contributed by atoms with E-state index in [0.29, 0.717) is 5.69 Å². The number of nitrogens with one attached hydrogen (secondary N) is 2. The summed E-state index contributed by atoms with van der Waals surface area (Å²) < 4.78 is 13.1. The van der Waals surface area contributed by atoms with Crippen molar-refractivity contribution in [1.82, 2.24) is 10.2 Å². The summed E-state index contributed by atoms with van der Waals surface area (Å²) in [6.07, 6.45) is 2.54. The van der Waals surface area contributed by atoms with Crippen molar-refractivity contribution in [2.24, 2.45) is 0 Å². The minimum atomic E-state index is -0.349. The lowest BCUT2D eigenvalue weighted by Crippen LogP contribution is -2.34. The molecule has 2 N–H and O–H groups in total. The fraction of sp³-hybridized carbons (Fsp3) is 0.500. The zero-order chi connectivity index (χ0) is 13.2. The number of rotatable bonds is 4. The smallest absolute Gasteiger partial charge is 0.246 e. The third kappa shape index (κ3) is 2.62. The topological polar surface area (TPSA) is 44.4 Å². The molecule has 3 rings (SSSR count). The number of hydrogen-bond donors (Lipinski definition) is 2. The van der Waals surface area contributed by atoms with Gasteiger partial charge in [-0.2, -0.15) is 0 Å². The van der Waals surface area contributed by atoms with Crippen molar-refractivity contribution >= 4 is 11.6 Å². The Morgan fingerprint density at radius 2 is 2.16 bits per heavy atom. The quantitative estimate of drug-likeness (QED) is 0.865. The van der Waals surface area contributed by atoms with Crippen LogP contribution in [-0.2, 0) is 4.79 Å². The van der Waals surface area contributed by atoms with E-state index in [-0.39, 0.29) is 17.8 Å². The largest absolute Gasteiger partial charge is 0.324 e. The van der Waals surface area contributed by atoms with Crippen LogP contribution in [0.25, 0.3) is 0 Å². The van der Waals surface area contributed by atoms with E-state index in [2.05, 4.69) is 15.5 Å². The van der Waals surface area contributed by atoms with E-state index in [4.69, 9.17) is 0 Å². The molecule has 102 valence electrons. The first-order valence-electron chi connectivity index (χ1n) is 6.80. The molecule has 1 aromatic rings. The summed E-state index contributed by atoms with van der Waals surface area (Å²) in [4.78, 5) is 14.3. The molecule has 5 heteroatoms. The SMILES string of the molecule is O=C1Nc2cc(F)ccc2C1NCCN1CCCC1. The van der Waals surface area contributed by atoms with Crippen molar-refractivity contribution in [2.45, 2.75) is 18.9 Å². The van der Waals surface area contributed by atoms with Crippen molar-refractivity contribution in [1.29, 1.82) is 0 Å². The van der Waals surface area contributed by atoms with Crippen LogP contribution in [0.2, 0.25) is 0 Å². The summed E-state index contributed by atoms with van der Waals surface area (Å²) in [5.41, 5.74) is 1.43. The highest BCUT2D eigenvalue weighted by atomic mass is 19.1. The Morgan fingerprint density at radius 1 is 1.37 bits per heavy atom. The van der Waals surface area contributed by atoms with Crippen LogP contribution in [0.5, 0.6) is 0 Å². The number of carbonyl (C=O) groups is 1. The van der Waals surface area contributed by atoms with E-state index in [1.54, 1.807) is 6.07 Å². The Bertz CT molecular complexity index is 486. The number of hydrogen-bond acceptors (Lipinski definition) is 3. The van der Waals surface area contributed by atoms with Gasteiger partial charge in [0.25, 0.3) is 0 Å². The van der Waals surface area contributed by atoms with Gasteiger partial charge < -0.3 is 15.5 Å². The molecular weight excluding hydrogens is 245 g/mol. The van der Waals surface area contributed by atoms with Crippen LogP contribution in [0.1, 0.15) is 24.4 Å². The number of benzene rings is 1. The van der Waals surface area contributed by atoms with E-state index >= 15 is 0 Å². The summed E-state index contributed by atoms with van der Waals surface area (Å²) in [7, 11) is 0. The number of nitrogens with zero attached hydrogens (tertiary/aromatic N) is 1. The zero-order valence-corrected chi connectivity index (χ0v) is 10.8. The first-order chi connectivity index (χ1) is 9.24. The maximum absolute atomic E-state index is 13.1. The molecule has 1 saturated heterocycles. The molecule has 19 heavy (non-hydrogen) atoms. The standard InChI is InChI=1S/C14H18FN3O/c15-10-3-4-11-12(9-10)17-14(19)13(11)16-5-8-18-6-1-2-7-18/h3-4,9,13,16H,1-2,5-8H2,(H,17,19). The maximum Gasteiger partial charge on any atom is 0.246 e. The van der Waals surface area contributed by atoms with E-state index in [1.165, 1.54) is 25.0 Å². The molecule has 4 nitrogen and oxygen atoms in total. The minimum Gasteiger partial charge on any atom is -0.324 e. The van der Waals surface area contributed by atoms with Crippen LogP contribution in [0.15, 0.2) is 18.2 Å². The molecular formula is C14H18FN3O. The molecule has 0 saturated carbocycles. The summed E-state index contributed by atoms with van der Waals surface area (Å²) in [5.74, 6) is -0.418. The third-order valence-corrected chi connectivity index (χ3v) is 3.82. The fourth-order valence-electron chi connectivity index (χ4n) is 2.81. The van der Waals surface area contributed by atoms with Crippen LogP contribution in [0.3, 0.4) is 0 Å². The van der Waals surface area contributed by atoms with Crippen molar-refractivity contribution in [3.05, 3.63) is 29.6 Å². The second kappa shape index (κ2) is 5.27. The van der Waals surface area contributed by atoms with Crippen LogP contribution in [0, 0.1) is 5.82 Å². The lowest BCUT2D eigenvalue weighted by Gasteiger charge is -2.17. The van der Waals surface area contributed by atoms with E-state index in [0.717, 1.165) is 31.7 Å². The predicted molar refractivity (Wildman–Crippen MR) is 71.4 cm³/mol. The van der Waals surface area contributed by atoms with E-state index in [1.807, 2.05) is 0 Å². The van der Waals surface area contributed by atoms with Crippen molar-refractivity contribution in [3.63, 3.8) is 0 Å². The number of carbonyl (C=O) groups excluding carboxylic acids is 1. The Kier molecular flexibility index (Phi) is 3.48. The van der Waals surface area contributed by atoms with Crippen LogP contribution in [0.4, 0.5) is 10.1 Å². The number of anilines is 1. The van der Waals surface area contributed by atoms with Gasteiger partial charge in [-0.25, -0.2) is 4.39 Å². The lowest BCUT2D eigenvalue weighted by molar-refractivity contribution is -0.117. The van der Waals surface area contributed by atoms with E-state index < -0.39 is 0 Å². The molecule has 1 amide bonds. The minimum absolute atomic E-state index is 0.0954. The molecule has 1 aromatic carbocycles. The molecule has 2 aliphatic rings. The number of amides is 1. The Labute approximate surface area is 112 Å². The third-order valence-electron chi connectivity index (χ3n) is 3.82. The van der Waals surface area contributed by atoms with Gasteiger partial charge in [0.2, 0.25) is 5.91 Å². The highest BCUT2D eigenvalue weighted by molar-refractivity contribution is 6.02. The van der Waals surface area contributed by atoms with Gasteiger partial charge in [0.1, 0.15) is 11.9 Å². The molecule has 2 heterocycles. The lowest BCUT2D eigenvalue weighted by atomic mass is 10.1. The number of halogens is 1. The first kappa shape index (κ1) is 12.6. The molecule has 1 unspecified atom stereocenters. The Hall–Kier alpha value is -1.46. The summed E-state index contributed by atoms with van der Waals surface area (Å²) in [5, 5.41) is 5.97. The van der Waals surface area contributed by atoms with Gasteiger partial charge in [0, 0.05) is 24.3 Å². The fourth-order valence-corrected chi connectivity index (χ4v) is 2.81. The average Bonchev–Trinajstić information content (AvgIpc) is 2.98. The van der Waals surface area contributed by atoms with Crippen LogP contribution in [-0.4, -0.2) is 37.0 Å². The van der Waals surface area contributed by atoms with Gasteiger partial charge >= 0.3 is 0 Å². The predicted octanol–water partition coefficient (Wildman–Crippen LogP) is 1.50. The van der Waals surface area contributed by atoms with Crippen molar-refractivity contribution in [3.8, 4) is 0 Å². The van der Waals surface area contributed by atoms with E-state index in [9.17, 15) is 9.18 Å².